The van der Waals surface area contributed by atoms with Crippen LogP contribution in [0.2, 0.25) is 0 Å². The minimum absolute atomic E-state index is 0.0758. The van der Waals surface area contributed by atoms with Crippen LogP contribution in [0.15, 0.2) is 18.3 Å². The third-order valence-corrected chi connectivity index (χ3v) is 5.05. The fourth-order valence-electron chi connectivity index (χ4n) is 2.96. The Hall–Kier alpha value is -1.95. The van der Waals surface area contributed by atoms with Gasteiger partial charge in [0.1, 0.15) is 5.75 Å². The van der Waals surface area contributed by atoms with Crippen LogP contribution in [-0.4, -0.2) is 39.5 Å². The first-order chi connectivity index (χ1) is 10.6. The molecule has 1 atom stereocenters. The molecule has 2 heterocycles. The van der Waals surface area contributed by atoms with Crippen molar-refractivity contribution in [3.63, 3.8) is 0 Å². The van der Waals surface area contributed by atoms with Crippen LogP contribution in [0, 0.1) is 6.92 Å². The van der Waals surface area contributed by atoms with Gasteiger partial charge in [-0.1, -0.05) is 0 Å². The molecule has 3 rings (SSSR count). The minimum atomic E-state index is -0.253. The summed E-state index contributed by atoms with van der Waals surface area (Å²) < 4.78 is 0. The van der Waals surface area contributed by atoms with Crippen molar-refractivity contribution in [3.05, 3.63) is 39.6 Å². The second-order valence-corrected chi connectivity index (χ2v) is 6.98. The molecule has 0 bridgehead atoms. The summed E-state index contributed by atoms with van der Waals surface area (Å²) in [5.41, 5.74) is 1.26. The number of hydrogen-bond donors (Lipinski definition) is 1. The van der Waals surface area contributed by atoms with E-state index < -0.39 is 0 Å². The molecule has 0 saturated carbocycles. The van der Waals surface area contributed by atoms with Crippen LogP contribution in [0.5, 0.6) is 5.75 Å². The zero-order chi connectivity index (χ0) is 15.7. The Balaban J connectivity index is 1.76. The van der Waals surface area contributed by atoms with Crippen molar-refractivity contribution in [2.24, 2.45) is 0 Å². The number of aromatic hydroxyl groups is 1. The number of likely N-dealkylation sites (N-methyl/N-ethyl adjacent to an activating group) is 1. The second kappa shape index (κ2) is 6.04. The van der Waals surface area contributed by atoms with Gasteiger partial charge in [-0.05, 0) is 38.3 Å². The van der Waals surface area contributed by atoms with E-state index in [1.165, 1.54) is 17.1 Å². The molecule has 6 heteroatoms. The van der Waals surface area contributed by atoms with Crippen molar-refractivity contribution >= 4 is 17.2 Å². The molecule has 0 aromatic carbocycles. The maximum atomic E-state index is 12.4. The fourth-order valence-corrected chi connectivity index (χ4v) is 4.03. The topological polar surface area (TPSA) is 66.3 Å². The predicted molar refractivity (Wildman–Crippen MR) is 85.4 cm³/mol. The number of aryl methyl sites for hydroxylation is 2. The summed E-state index contributed by atoms with van der Waals surface area (Å²) in [6, 6.07) is 3.09. The number of thiazole rings is 1. The van der Waals surface area contributed by atoms with E-state index >= 15 is 0 Å². The number of fused-ring (bicyclic) bond motifs is 1. The molecular weight excluding hydrogens is 298 g/mol. The molecule has 0 unspecified atom stereocenters. The molecule has 1 amide bonds. The summed E-state index contributed by atoms with van der Waals surface area (Å²) in [5.74, 6) is -0.0566. The molecule has 1 aliphatic rings. The highest BCUT2D eigenvalue weighted by Gasteiger charge is 2.27. The van der Waals surface area contributed by atoms with E-state index in [9.17, 15) is 9.90 Å². The summed E-state index contributed by atoms with van der Waals surface area (Å²) >= 11 is 1.76. The Labute approximate surface area is 133 Å². The van der Waals surface area contributed by atoms with Gasteiger partial charge in [-0.25, -0.2) is 9.97 Å². The number of carbonyl (C=O) groups is 1. The number of aromatic nitrogens is 2. The quantitative estimate of drug-likeness (QED) is 0.945. The van der Waals surface area contributed by atoms with Gasteiger partial charge < -0.3 is 10.0 Å². The van der Waals surface area contributed by atoms with Crippen LogP contribution in [0.3, 0.4) is 0 Å². The lowest BCUT2D eigenvalue weighted by molar-refractivity contribution is 0.0774. The van der Waals surface area contributed by atoms with E-state index in [1.54, 1.807) is 29.4 Å². The first-order valence-electron chi connectivity index (χ1n) is 7.42. The summed E-state index contributed by atoms with van der Waals surface area (Å²) in [7, 11) is 1.75. The number of hydrogen-bond acceptors (Lipinski definition) is 5. The third-order valence-electron chi connectivity index (χ3n) is 4.01. The molecule has 5 nitrogen and oxygen atoms in total. The molecule has 22 heavy (non-hydrogen) atoms. The lowest BCUT2D eigenvalue weighted by Gasteiger charge is -2.26. The second-order valence-electron chi connectivity index (χ2n) is 5.69. The van der Waals surface area contributed by atoms with E-state index in [-0.39, 0.29) is 23.3 Å². The summed E-state index contributed by atoms with van der Waals surface area (Å²) in [4.78, 5) is 24.1. The van der Waals surface area contributed by atoms with E-state index in [0.29, 0.717) is 6.54 Å². The molecule has 0 saturated heterocycles. The molecule has 0 fully saturated rings. The van der Waals surface area contributed by atoms with Gasteiger partial charge in [-0.2, -0.15) is 0 Å². The van der Waals surface area contributed by atoms with Crippen molar-refractivity contribution in [2.75, 3.05) is 13.6 Å². The van der Waals surface area contributed by atoms with Crippen molar-refractivity contribution in [1.82, 2.24) is 14.9 Å². The predicted octanol–water partition coefficient (Wildman–Crippen LogP) is 2.74. The Morgan fingerprint density at radius 1 is 1.55 bits per heavy atom. The minimum Gasteiger partial charge on any atom is -0.505 e. The molecule has 2 aromatic rings. The Kier molecular flexibility index (Phi) is 4.11. The Morgan fingerprint density at radius 2 is 2.36 bits per heavy atom. The summed E-state index contributed by atoms with van der Waals surface area (Å²) in [6.45, 7) is 2.63. The van der Waals surface area contributed by atoms with Gasteiger partial charge in [-0.15, -0.1) is 11.3 Å². The van der Waals surface area contributed by atoms with E-state index in [4.69, 9.17) is 0 Å². The largest absolute Gasteiger partial charge is 0.505 e. The highest BCUT2D eigenvalue weighted by Crippen LogP contribution is 2.35. The average molecular weight is 317 g/mol. The molecule has 1 N–H and O–H groups in total. The van der Waals surface area contributed by atoms with Gasteiger partial charge in [0.05, 0.1) is 10.7 Å². The lowest BCUT2D eigenvalue weighted by atomic mass is 9.90. The zero-order valence-corrected chi connectivity index (χ0v) is 13.6. The first kappa shape index (κ1) is 15.0. The average Bonchev–Trinajstić information content (AvgIpc) is 2.88. The van der Waals surface area contributed by atoms with Gasteiger partial charge in [-0.3, -0.25) is 4.79 Å². The van der Waals surface area contributed by atoms with Crippen LogP contribution in [-0.2, 0) is 6.42 Å². The highest BCUT2D eigenvalue weighted by molar-refractivity contribution is 7.11. The van der Waals surface area contributed by atoms with Gasteiger partial charge >= 0.3 is 0 Å². The molecule has 0 spiro atoms. The normalized spacial score (nSPS) is 17.1. The van der Waals surface area contributed by atoms with Crippen molar-refractivity contribution < 1.29 is 9.90 Å². The van der Waals surface area contributed by atoms with Crippen molar-refractivity contribution in [2.45, 2.75) is 32.1 Å². The number of rotatable bonds is 3. The van der Waals surface area contributed by atoms with Gasteiger partial charge in [0.25, 0.3) is 5.91 Å². The Morgan fingerprint density at radius 3 is 3.14 bits per heavy atom. The summed E-state index contributed by atoms with van der Waals surface area (Å²) in [5, 5.41) is 10.9. The lowest BCUT2D eigenvalue weighted by Crippen LogP contribution is -2.32. The van der Waals surface area contributed by atoms with Gasteiger partial charge in [0, 0.05) is 30.6 Å². The van der Waals surface area contributed by atoms with Crippen LogP contribution in [0.1, 0.15) is 44.8 Å². The molecule has 0 radical (unpaired) electrons. The molecule has 0 aliphatic heterocycles. The molecule has 116 valence electrons. The monoisotopic (exact) mass is 317 g/mol. The molecular formula is C16H19N3O2S. The van der Waals surface area contributed by atoms with Crippen LogP contribution in [0.25, 0.3) is 0 Å². The summed E-state index contributed by atoms with van der Waals surface area (Å²) in [6.07, 6.45) is 4.79. The number of carbonyl (C=O) groups excluding carboxylic acids is 1. The highest BCUT2D eigenvalue weighted by atomic mass is 32.1. The maximum Gasteiger partial charge on any atom is 0.276 e. The third kappa shape index (κ3) is 2.83. The number of pyridine rings is 1. The van der Waals surface area contributed by atoms with Gasteiger partial charge in [0.2, 0.25) is 0 Å². The van der Waals surface area contributed by atoms with Crippen LogP contribution >= 0.6 is 11.3 Å². The van der Waals surface area contributed by atoms with E-state index in [2.05, 4.69) is 9.97 Å². The van der Waals surface area contributed by atoms with Crippen molar-refractivity contribution in [3.8, 4) is 5.75 Å². The maximum absolute atomic E-state index is 12.4. The number of nitrogens with zero attached hydrogens (tertiary/aromatic N) is 3. The van der Waals surface area contributed by atoms with Crippen LogP contribution in [0.4, 0.5) is 0 Å². The number of amides is 1. The van der Waals surface area contributed by atoms with E-state index in [1.807, 2.05) is 6.92 Å². The van der Waals surface area contributed by atoms with E-state index in [0.717, 1.165) is 30.0 Å². The smallest absolute Gasteiger partial charge is 0.276 e. The van der Waals surface area contributed by atoms with Crippen LogP contribution < -0.4 is 0 Å². The standard InChI is InChI=1S/C16H19N3O2S/c1-10-18-14-11(5-3-7-13(14)22-10)9-19(2)16(21)15-12(20)6-4-8-17-15/h4,6,8,11,20H,3,5,7,9H2,1-2H3/t11-/m0/s1. The molecule has 1 aliphatic carbocycles. The first-order valence-corrected chi connectivity index (χ1v) is 8.23. The van der Waals surface area contributed by atoms with Crippen molar-refractivity contribution in [1.29, 1.82) is 0 Å². The van der Waals surface area contributed by atoms with Gasteiger partial charge in [0.15, 0.2) is 5.69 Å². The molecule has 2 aromatic heterocycles. The zero-order valence-electron chi connectivity index (χ0n) is 12.7. The Bertz CT molecular complexity index is 698. The SMILES string of the molecule is Cc1nc2c(s1)CCC[C@H]2CN(C)C(=O)c1ncccc1O. The fraction of sp³-hybridized carbons (Fsp3) is 0.438.